The fourth-order valence-corrected chi connectivity index (χ4v) is 4.19. The predicted molar refractivity (Wildman–Crippen MR) is 127 cm³/mol. The Balaban J connectivity index is 1.57. The number of carbonyl (C=O) groups is 1. The molecule has 32 heavy (non-hydrogen) atoms. The molecule has 0 aliphatic heterocycles. The van der Waals surface area contributed by atoms with E-state index >= 15 is 0 Å². The molecule has 0 radical (unpaired) electrons. The molecule has 1 aromatic heterocycles. The minimum Gasteiger partial charge on any atom is -0.380 e. The summed E-state index contributed by atoms with van der Waals surface area (Å²) in [5.41, 5.74) is 4.51. The van der Waals surface area contributed by atoms with Crippen LogP contribution in [0.25, 0.3) is 5.69 Å². The maximum Gasteiger partial charge on any atom is 0.234 e. The molecule has 0 unspecified atom stereocenters. The zero-order valence-corrected chi connectivity index (χ0v) is 18.7. The van der Waals surface area contributed by atoms with E-state index in [1.165, 1.54) is 11.8 Å². The Morgan fingerprint density at radius 1 is 1.00 bits per heavy atom. The van der Waals surface area contributed by atoms with Crippen LogP contribution in [0.1, 0.15) is 28.6 Å². The molecule has 0 saturated heterocycles. The molecule has 0 spiro atoms. The van der Waals surface area contributed by atoms with Crippen molar-refractivity contribution in [3.05, 3.63) is 101 Å². The molecular weight excluding hydrogens is 420 g/mol. The highest BCUT2D eigenvalue weighted by atomic mass is 32.2. The Morgan fingerprint density at radius 2 is 1.69 bits per heavy atom. The van der Waals surface area contributed by atoms with Crippen LogP contribution < -0.4 is 5.32 Å². The average molecular weight is 445 g/mol. The lowest BCUT2D eigenvalue weighted by Crippen LogP contribution is -2.15. The normalized spacial score (nSPS) is 11.8. The van der Waals surface area contributed by atoms with E-state index in [9.17, 15) is 9.90 Å². The van der Waals surface area contributed by atoms with Gasteiger partial charge in [-0.1, -0.05) is 78.0 Å². The first kappa shape index (κ1) is 21.8. The second-order valence-electron chi connectivity index (χ2n) is 7.48. The SMILES string of the molecule is Cc1ccc(NC(=O)CSc2nnc([C@@H](O)c3ccccc3)n2-c2ccccc2)c(C)c1. The summed E-state index contributed by atoms with van der Waals surface area (Å²) in [6, 6.07) is 24.8. The maximum absolute atomic E-state index is 12.6. The number of nitrogens with zero attached hydrogens (tertiary/aromatic N) is 3. The first-order valence-electron chi connectivity index (χ1n) is 10.3. The Labute approximate surface area is 191 Å². The summed E-state index contributed by atoms with van der Waals surface area (Å²) >= 11 is 1.28. The van der Waals surface area contributed by atoms with Gasteiger partial charge in [0, 0.05) is 11.4 Å². The van der Waals surface area contributed by atoms with E-state index in [1.54, 1.807) is 4.57 Å². The van der Waals surface area contributed by atoms with Crippen molar-refractivity contribution in [1.29, 1.82) is 0 Å². The van der Waals surface area contributed by atoms with Gasteiger partial charge >= 0.3 is 0 Å². The summed E-state index contributed by atoms with van der Waals surface area (Å²) < 4.78 is 1.80. The molecule has 2 N–H and O–H groups in total. The van der Waals surface area contributed by atoms with E-state index in [0.29, 0.717) is 11.0 Å². The summed E-state index contributed by atoms with van der Waals surface area (Å²) in [4.78, 5) is 12.6. The molecular formula is C25H24N4O2S. The van der Waals surface area contributed by atoms with E-state index in [-0.39, 0.29) is 11.7 Å². The minimum absolute atomic E-state index is 0.130. The van der Waals surface area contributed by atoms with Gasteiger partial charge in [0.05, 0.1) is 5.75 Å². The number of carbonyl (C=O) groups excluding carboxylic acids is 1. The van der Waals surface area contributed by atoms with Gasteiger partial charge in [0.25, 0.3) is 0 Å². The van der Waals surface area contributed by atoms with E-state index in [4.69, 9.17) is 0 Å². The molecule has 162 valence electrons. The Morgan fingerprint density at radius 3 is 2.38 bits per heavy atom. The zero-order chi connectivity index (χ0) is 22.5. The number of rotatable bonds is 7. The van der Waals surface area contributed by atoms with Crippen LogP contribution in [0.4, 0.5) is 5.69 Å². The summed E-state index contributed by atoms with van der Waals surface area (Å²) in [5, 5.41) is 23.0. The number of benzene rings is 3. The standard InChI is InChI=1S/C25H24N4O2S/c1-17-13-14-21(18(2)15-17)26-22(30)16-32-25-28-27-24(23(31)19-9-5-3-6-10-19)29(25)20-11-7-4-8-12-20/h3-15,23,31H,16H2,1-2H3,(H,26,30)/t23-/m0/s1. The lowest BCUT2D eigenvalue weighted by Gasteiger charge is -2.14. The van der Waals surface area contributed by atoms with Crippen molar-refractivity contribution in [2.24, 2.45) is 0 Å². The number of thioether (sulfide) groups is 1. The van der Waals surface area contributed by atoms with Gasteiger partial charge in [-0.05, 0) is 43.2 Å². The van der Waals surface area contributed by atoms with Crippen molar-refractivity contribution in [2.45, 2.75) is 25.1 Å². The van der Waals surface area contributed by atoms with Crippen molar-refractivity contribution in [3.63, 3.8) is 0 Å². The molecule has 4 rings (SSSR count). The second-order valence-corrected chi connectivity index (χ2v) is 8.42. The molecule has 7 heteroatoms. The fourth-order valence-electron chi connectivity index (χ4n) is 3.43. The number of hydrogen-bond donors (Lipinski definition) is 2. The highest BCUT2D eigenvalue weighted by molar-refractivity contribution is 7.99. The molecule has 0 fully saturated rings. The van der Waals surface area contributed by atoms with Crippen LogP contribution in [-0.2, 0) is 4.79 Å². The third-order valence-electron chi connectivity index (χ3n) is 5.02. The number of para-hydroxylation sites is 1. The van der Waals surface area contributed by atoms with Crippen LogP contribution >= 0.6 is 11.8 Å². The van der Waals surface area contributed by atoms with Crippen LogP contribution in [0.15, 0.2) is 84.0 Å². The molecule has 0 saturated carbocycles. The number of aromatic nitrogens is 3. The van der Waals surface area contributed by atoms with Crippen LogP contribution in [0.2, 0.25) is 0 Å². The zero-order valence-electron chi connectivity index (χ0n) is 17.9. The van der Waals surface area contributed by atoms with Crippen LogP contribution in [0.3, 0.4) is 0 Å². The van der Waals surface area contributed by atoms with Gasteiger partial charge in [-0.2, -0.15) is 0 Å². The number of aliphatic hydroxyl groups excluding tert-OH is 1. The third-order valence-corrected chi connectivity index (χ3v) is 5.95. The number of aryl methyl sites for hydroxylation is 2. The first-order valence-corrected chi connectivity index (χ1v) is 11.2. The Kier molecular flexibility index (Phi) is 6.68. The van der Waals surface area contributed by atoms with Gasteiger partial charge in [-0.15, -0.1) is 10.2 Å². The van der Waals surface area contributed by atoms with Gasteiger partial charge in [0.2, 0.25) is 5.91 Å². The second kappa shape index (κ2) is 9.80. The predicted octanol–water partition coefficient (Wildman–Crippen LogP) is 4.70. The highest BCUT2D eigenvalue weighted by Gasteiger charge is 2.22. The third kappa shape index (κ3) is 4.90. The number of nitrogens with one attached hydrogen (secondary N) is 1. The molecule has 0 aliphatic rings. The first-order chi connectivity index (χ1) is 15.5. The lowest BCUT2D eigenvalue weighted by atomic mass is 10.1. The lowest BCUT2D eigenvalue weighted by molar-refractivity contribution is -0.113. The van der Waals surface area contributed by atoms with Gasteiger partial charge in [-0.25, -0.2) is 0 Å². The molecule has 1 atom stereocenters. The summed E-state index contributed by atoms with van der Waals surface area (Å²) in [6.45, 7) is 3.99. The van der Waals surface area contributed by atoms with Crippen molar-refractivity contribution >= 4 is 23.4 Å². The molecule has 1 amide bonds. The van der Waals surface area contributed by atoms with Gasteiger partial charge in [0.15, 0.2) is 11.0 Å². The number of anilines is 1. The van der Waals surface area contributed by atoms with Gasteiger partial charge in [-0.3, -0.25) is 9.36 Å². The summed E-state index contributed by atoms with van der Waals surface area (Å²) in [5.74, 6) is 0.439. The largest absolute Gasteiger partial charge is 0.380 e. The number of aliphatic hydroxyl groups is 1. The van der Waals surface area contributed by atoms with Crippen LogP contribution in [0.5, 0.6) is 0 Å². The monoisotopic (exact) mass is 444 g/mol. The topological polar surface area (TPSA) is 80.0 Å². The smallest absolute Gasteiger partial charge is 0.234 e. The quantitative estimate of drug-likeness (QED) is 0.404. The van der Waals surface area contributed by atoms with Crippen LogP contribution in [0, 0.1) is 13.8 Å². The van der Waals surface area contributed by atoms with Crippen molar-refractivity contribution in [1.82, 2.24) is 14.8 Å². The Hall–Kier alpha value is -3.42. The summed E-state index contributed by atoms with van der Waals surface area (Å²) in [6.07, 6.45) is -0.942. The van der Waals surface area contributed by atoms with E-state index < -0.39 is 6.10 Å². The molecule has 4 aromatic rings. The number of amides is 1. The minimum atomic E-state index is -0.942. The van der Waals surface area contributed by atoms with E-state index in [2.05, 4.69) is 15.5 Å². The van der Waals surface area contributed by atoms with Crippen molar-refractivity contribution < 1.29 is 9.90 Å². The van der Waals surface area contributed by atoms with Gasteiger partial charge in [0.1, 0.15) is 6.10 Å². The summed E-state index contributed by atoms with van der Waals surface area (Å²) in [7, 11) is 0. The van der Waals surface area contributed by atoms with E-state index in [0.717, 1.165) is 28.1 Å². The molecule has 3 aromatic carbocycles. The number of hydrogen-bond acceptors (Lipinski definition) is 5. The maximum atomic E-state index is 12.6. The van der Waals surface area contributed by atoms with Gasteiger partial charge < -0.3 is 10.4 Å². The average Bonchev–Trinajstić information content (AvgIpc) is 3.24. The molecule has 1 heterocycles. The molecule has 0 aliphatic carbocycles. The molecule has 0 bridgehead atoms. The van der Waals surface area contributed by atoms with Crippen molar-refractivity contribution in [2.75, 3.05) is 11.1 Å². The van der Waals surface area contributed by atoms with Crippen molar-refractivity contribution in [3.8, 4) is 5.69 Å². The van der Waals surface area contributed by atoms with Crippen LogP contribution in [-0.4, -0.2) is 31.5 Å². The Bertz CT molecular complexity index is 1210. The fraction of sp³-hybridized carbons (Fsp3) is 0.160. The van der Waals surface area contributed by atoms with E-state index in [1.807, 2.05) is 92.7 Å². The highest BCUT2D eigenvalue weighted by Crippen LogP contribution is 2.28. The molecule has 6 nitrogen and oxygen atoms in total.